The van der Waals surface area contributed by atoms with Gasteiger partial charge in [-0.2, -0.15) is 5.10 Å². The van der Waals surface area contributed by atoms with Gasteiger partial charge in [0.15, 0.2) is 11.8 Å². The lowest BCUT2D eigenvalue weighted by atomic mass is 10.1. The van der Waals surface area contributed by atoms with Crippen LogP contribution in [0.3, 0.4) is 0 Å². The van der Waals surface area contributed by atoms with Gasteiger partial charge in [-0.25, -0.2) is 9.67 Å². The van der Waals surface area contributed by atoms with Crippen molar-refractivity contribution in [2.45, 2.75) is 45.4 Å². The monoisotopic (exact) mass is 351 g/mol. The summed E-state index contributed by atoms with van der Waals surface area (Å²) in [6.07, 6.45) is 2.24. The molecule has 0 fully saturated rings. The molecule has 0 radical (unpaired) electrons. The molecule has 1 aromatic heterocycles. The van der Waals surface area contributed by atoms with Gasteiger partial charge in [-0.1, -0.05) is 0 Å². The van der Waals surface area contributed by atoms with Gasteiger partial charge in [0.05, 0.1) is 13.1 Å². The first kappa shape index (κ1) is 19.2. The molecule has 1 unspecified atom stereocenters. The van der Waals surface area contributed by atoms with E-state index in [2.05, 4.69) is 25.7 Å². The van der Waals surface area contributed by atoms with Gasteiger partial charge in [-0.3, -0.25) is 9.79 Å². The summed E-state index contributed by atoms with van der Waals surface area (Å²) in [5.74, 6) is 2.54. The van der Waals surface area contributed by atoms with Gasteiger partial charge in [-0.15, -0.1) is 0 Å². The van der Waals surface area contributed by atoms with Crippen LogP contribution in [0.4, 0.5) is 0 Å². The molecule has 1 aliphatic heterocycles. The zero-order valence-corrected chi connectivity index (χ0v) is 15.6. The zero-order chi connectivity index (χ0) is 18.2. The van der Waals surface area contributed by atoms with Gasteiger partial charge in [0.2, 0.25) is 5.91 Å². The van der Waals surface area contributed by atoms with E-state index >= 15 is 0 Å². The van der Waals surface area contributed by atoms with Gasteiger partial charge in [0.1, 0.15) is 12.4 Å². The van der Waals surface area contributed by atoms with Crippen molar-refractivity contribution in [1.82, 2.24) is 30.3 Å². The van der Waals surface area contributed by atoms with Crippen LogP contribution in [0, 0.1) is 0 Å². The fraction of sp³-hybridized carbons (Fsp3) is 0.750. The minimum absolute atomic E-state index is 0.0789. The third-order valence-corrected chi connectivity index (χ3v) is 3.95. The maximum Gasteiger partial charge on any atom is 0.223 e. The van der Waals surface area contributed by atoms with Crippen LogP contribution in [0.1, 0.15) is 31.4 Å². The molecule has 0 saturated carbocycles. The van der Waals surface area contributed by atoms with Crippen LogP contribution in [-0.4, -0.2) is 71.9 Å². The van der Waals surface area contributed by atoms with E-state index in [-0.39, 0.29) is 11.9 Å². The predicted molar refractivity (Wildman–Crippen MR) is 95.3 cm³/mol. The molecule has 0 aromatic carbocycles. The predicted octanol–water partition coefficient (Wildman–Crippen LogP) is -0.227. The standard InChI is InChI=1S/C16H29N7O2/c1-5-17-16(18-9-8-15(24)22(2)3)19-12-6-7-14-20-13(11-25-4)21-23(14)10-12/h12H,5-11H2,1-4H3,(H2,17,18,19). The maximum atomic E-state index is 11.7. The molecule has 0 aliphatic carbocycles. The van der Waals surface area contributed by atoms with Gasteiger partial charge in [-0.05, 0) is 13.3 Å². The summed E-state index contributed by atoms with van der Waals surface area (Å²) >= 11 is 0. The molecule has 140 valence electrons. The zero-order valence-electron chi connectivity index (χ0n) is 15.6. The summed E-state index contributed by atoms with van der Waals surface area (Å²) < 4.78 is 7.03. The largest absolute Gasteiger partial charge is 0.377 e. The number of carbonyl (C=O) groups excluding carboxylic acids is 1. The summed E-state index contributed by atoms with van der Waals surface area (Å²) in [6, 6.07) is 0.229. The molecule has 2 N–H and O–H groups in total. The number of fused-ring (bicyclic) bond motifs is 1. The average Bonchev–Trinajstić information content (AvgIpc) is 2.96. The van der Waals surface area contributed by atoms with Crippen molar-refractivity contribution in [3.05, 3.63) is 11.6 Å². The molecule has 1 atom stereocenters. The van der Waals surface area contributed by atoms with Gasteiger partial charge in [0.25, 0.3) is 0 Å². The number of methoxy groups -OCH3 is 1. The van der Waals surface area contributed by atoms with E-state index in [0.717, 1.165) is 43.5 Å². The molecule has 2 rings (SSSR count). The smallest absolute Gasteiger partial charge is 0.223 e. The number of aryl methyl sites for hydroxylation is 1. The lowest BCUT2D eigenvalue weighted by Crippen LogP contribution is -2.47. The number of ether oxygens (including phenoxy) is 1. The molecule has 2 heterocycles. The Hall–Kier alpha value is -2.16. The summed E-state index contributed by atoms with van der Waals surface area (Å²) in [4.78, 5) is 22.2. The topological polar surface area (TPSA) is 96.7 Å². The number of amides is 1. The van der Waals surface area contributed by atoms with Crippen LogP contribution < -0.4 is 10.6 Å². The summed E-state index contributed by atoms with van der Waals surface area (Å²) in [5.41, 5.74) is 0. The number of rotatable bonds is 7. The van der Waals surface area contributed by atoms with Crippen molar-refractivity contribution in [2.24, 2.45) is 4.99 Å². The lowest BCUT2D eigenvalue weighted by molar-refractivity contribution is -0.128. The van der Waals surface area contributed by atoms with Crippen LogP contribution in [0.25, 0.3) is 0 Å². The highest BCUT2D eigenvalue weighted by atomic mass is 16.5. The maximum absolute atomic E-state index is 11.7. The van der Waals surface area contributed by atoms with E-state index < -0.39 is 0 Å². The Kier molecular flexibility index (Phi) is 7.17. The fourth-order valence-electron chi connectivity index (χ4n) is 2.67. The Morgan fingerprint density at radius 3 is 2.96 bits per heavy atom. The molecule has 0 bridgehead atoms. The number of aromatic nitrogens is 3. The van der Waals surface area contributed by atoms with Crippen molar-refractivity contribution >= 4 is 11.9 Å². The Bertz CT molecular complexity index is 597. The normalized spacial score (nSPS) is 17.1. The number of carbonyl (C=O) groups is 1. The lowest BCUT2D eigenvalue weighted by Gasteiger charge is -2.25. The number of guanidine groups is 1. The number of hydrogen-bond donors (Lipinski definition) is 2. The molecular weight excluding hydrogens is 322 g/mol. The van der Waals surface area contributed by atoms with Crippen LogP contribution in [0.15, 0.2) is 4.99 Å². The quantitative estimate of drug-likeness (QED) is 0.520. The summed E-state index contributed by atoms with van der Waals surface area (Å²) in [6.45, 7) is 4.43. The fourth-order valence-corrected chi connectivity index (χ4v) is 2.67. The van der Waals surface area contributed by atoms with E-state index in [1.165, 1.54) is 0 Å². The Labute approximate surface area is 148 Å². The third kappa shape index (κ3) is 5.70. The Morgan fingerprint density at radius 1 is 1.48 bits per heavy atom. The highest BCUT2D eigenvalue weighted by molar-refractivity contribution is 5.81. The van der Waals surface area contributed by atoms with Crippen LogP contribution in [0.5, 0.6) is 0 Å². The van der Waals surface area contributed by atoms with Gasteiger partial charge in [0, 0.05) is 46.6 Å². The van der Waals surface area contributed by atoms with Crippen LogP contribution in [-0.2, 0) is 29.1 Å². The molecule has 1 aliphatic rings. The summed E-state index contributed by atoms with van der Waals surface area (Å²) in [7, 11) is 5.15. The average molecular weight is 351 g/mol. The second-order valence-corrected chi connectivity index (χ2v) is 6.24. The van der Waals surface area contributed by atoms with E-state index in [9.17, 15) is 4.79 Å². The Balaban J connectivity index is 1.91. The minimum atomic E-state index is 0.0789. The van der Waals surface area contributed by atoms with E-state index in [1.54, 1.807) is 26.1 Å². The molecule has 1 aromatic rings. The highest BCUT2D eigenvalue weighted by Gasteiger charge is 2.22. The Morgan fingerprint density at radius 2 is 2.28 bits per heavy atom. The molecule has 25 heavy (non-hydrogen) atoms. The highest BCUT2D eigenvalue weighted by Crippen LogP contribution is 2.13. The van der Waals surface area contributed by atoms with Crippen molar-refractivity contribution in [2.75, 3.05) is 34.3 Å². The minimum Gasteiger partial charge on any atom is -0.377 e. The first-order chi connectivity index (χ1) is 12.0. The second-order valence-electron chi connectivity index (χ2n) is 6.24. The third-order valence-electron chi connectivity index (χ3n) is 3.95. The number of hydrogen-bond acceptors (Lipinski definition) is 5. The van der Waals surface area contributed by atoms with Crippen molar-refractivity contribution in [1.29, 1.82) is 0 Å². The van der Waals surface area contributed by atoms with Gasteiger partial charge < -0.3 is 20.3 Å². The van der Waals surface area contributed by atoms with Crippen LogP contribution >= 0.6 is 0 Å². The van der Waals surface area contributed by atoms with Gasteiger partial charge >= 0.3 is 0 Å². The molecule has 9 nitrogen and oxygen atoms in total. The van der Waals surface area contributed by atoms with Crippen molar-refractivity contribution in [3.63, 3.8) is 0 Å². The van der Waals surface area contributed by atoms with E-state index in [4.69, 9.17) is 4.74 Å². The SMILES string of the molecule is CCNC(=NCCC(=O)N(C)C)NC1CCc2nc(COC)nn2C1. The number of aliphatic imine (C=N–C) groups is 1. The number of nitrogens with zero attached hydrogens (tertiary/aromatic N) is 5. The summed E-state index contributed by atoms with van der Waals surface area (Å²) in [5, 5.41) is 11.1. The van der Waals surface area contributed by atoms with E-state index in [0.29, 0.717) is 19.6 Å². The van der Waals surface area contributed by atoms with Crippen LogP contribution in [0.2, 0.25) is 0 Å². The molecular formula is C16H29N7O2. The van der Waals surface area contributed by atoms with Crippen molar-refractivity contribution in [3.8, 4) is 0 Å². The van der Waals surface area contributed by atoms with Crippen molar-refractivity contribution < 1.29 is 9.53 Å². The molecule has 9 heteroatoms. The number of nitrogens with one attached hydrogen (secondary N) is 2. The van der Waals surface area contributed by atoms with E-state index in [1.807, 2.05) is 11.6 Å². The molecule has 0 spiro atoms. The first-order valence-corrected chi connectivity index (χ1v) is 8.70. The molecule has 1 amide bonds. The first-order valence-electron chi connectivity index (χ1n) is 8.70. The second kappa shape index (κ2) is 9.36. The molecule has 0 saturated heterocycles.